The molecule has 1 aliphatic heterocycles. The average Bonchev–Trinajstić information content (AvgIpc) is 2.95. The number of esters is 1. The Balaban J connectivity index is 1.66. The molecule has 22 heavy (non-hydrogen) atoms. The molecule has 0 aliphatic carbocycles. The summed E-state index contributed by atoms with van der Waals surface area (Å²) in [6, 6.07) is 3.50. The minimum absolute atomic E-state index is 0.364. The van der Waals surface area contributed by atoms with Gasteiger partial charge in [0.05, 0.1) is 12.7 Å². The molecule has 0 spiro atoms. The molecule has 1 saturated heterocycles. The summed E-state index contributed by atoms with van der Waals surface area (Å²) < 4.78 is 6.36. The number of hydrogen-bond donors (Lipinski definition) is 0. The predicted molar refractivity (Wildman–Crippen MR) is 82.0 cm³/mol. The summed E-state index contributed by atoms with van der Waals surface area (Å²) in [7, 11) is 3.52. The summed E-state index contributed by atoms with van der Waals surface area (Å²) in [6.07, 6.45) is 2.48. The van der Waals surface area contributed by atoms with Gasteiger partial charge in [0.25, 0.3) is 0 Å². The number of aromatic nitrogens is 3. The second-order valence-electron chi connectivity index (χ2n) is 5.64. The van der Waals surface area contributed by atoms with E-state index in [4.69, 9.17) is 4.74 Å². The summed E-state index contributed by atoms with van der Waals surface area (Å²) in [4.78, 5) is 20.8. The van der Waals surface area contributed by atoms with Gasteiger partial charge in [0.1, 0.15) is 0 Å². The van der Waals surface area contributed by atoms with Crippen LogP contribution in [0.1, 0.15) is 16.2 Å². The number of nitrogens with zero attached hydrogens (tertiary/aromatic N) is 5. The van der Waals surface area contributed by atoms with Gasteiger partial charge in [-0.25, -0.2) is 14.3 Å². The molecule has 3 rings (SSSR count). The zero-order chi connectivity index (χ0) is 15.5. The van der Waals surface area contributed by atoms with E-state index in [1.165, 1.54) is 7.11 Å². The molecule has 7 heteroatoms. The van der Waals surface area contributed by atoms with Crippen LogP contribution in [-0.2, 0) is 11.2 Å². The van der Waals surface area contributed by atoms with Crippen molar-refractivity contribution in [3.63, 3.8) is 0 Å². The summed E-state index contributed by atoms with van der Waals surface area (Å²) >= 11 is 0. The predicted octanol–water partition coefficient (Wildman–Crippen LogP) is 0.306. The second-order valence-corrected chi connectivity index (χ2v) is 5.64. The SMILES string of the molecule is COC(=O)c1ccc2nc(CCN3CCN(C)CC3)nn2c1. The molecule has 3 heterocycles. The number of pyridine rings is 1. The average molecular weight is 303 g/mol. The Kier molecular flexibility index (Phi) is 4.35. The molecule has 0 unspecified atom stereocenters. The van der Waals surface area contributed by atoms with E-state index in [1.807, 2.05) is 0 Å². The van der Waals surface area contributed by atoms with E-state index in [0.717, 1.165) is 50.6 Å². The highest BCUT2D eigenvalue weighted by Gasteiger charge is 2.15. The first-order valence-corrected chi connectivity index (χ1v) is 7.50. The van der Waals surface area contributed by atoms with Crippen LogP contribution in [0.25, 0.3) is 5.65 Å². The molecule has 0 bridgehead atoms. The van der Waals surface area contributed by atoms with E-state index < -0.39 is 0 Å². The highest BCUT2D eigenvalue weighted by molar-refractivity contribution is 5.89. The van der Waals surface area contributed by atoms with Gasteiger partial charge in [0.15, 0.2) is 11.5 Å². The Bertz CT molecular complexity index is 661. The highest BCUT2D eigenvalue weighted by Crippen LogP contribution is 2.08. The van der Waals surface area contributed by atoms with E-state index in [-0.39, 0.29) is 5.97 Å². The van der Waals surface area contributed by atoms with Crippen LogP contribution in [0.2, 0.25) is 0 Å². The molecule has 7 nitrogen and oxygen atoms in total. The van der Waals surface area contributed by atoms with Crippen LogP contribution < -0.4 is 0 Å². The van der Waals surface area contributed by atoms with E-state index in [0.29, 0.717) is 5.56 Å². The maximum absolute atomic E-state index is 11.5. The van der Waals surface area contributed by atoms with Gasteiger partial charge < -0.3 is 14.5 Å². The van der Waals surface area contributed by atoms with E-state index in [1.54, 1.807) is 22.8 Å². The van der Waals surface area contributed by atoms with Gasteiger partial charge >= 0.3 is 5.97 Å². The van der Waals surface area contributed by atoms with Gasteiger partial charge in [-0.3, -0.25) is 0 Å². The lowest BCUT2D eigenvalue weighted by molar-refractivity contribution is 0.0600. The van der Waals surface area contributed by atoms with Crippen molar-refractivity contribution < 1.29 is 9.53 Å². The number of likely N-dealkylation sites (N-methyl/N-ethyl adjacent to an activating group) is 1. The lowest BCUT2D eigenvalue weighted by Crippen LogP contribution is -2.45. The fourth-order valence-electron chi connectivity index (χ4n) is 2.60. The number of rotatable bonds is 4. The maximum Gasteiger partial charge on any atom is 0.339 e. The number of hydrogen-bond acceptors (Lipinski definition) is 6. The third-order valence-corrected chi connectivity index (χ3v) is 4.04. The van der Waals surface area contributed by atoms with Gasteiger partial charge in [0.2, 0.25) is 0 Å². The van der Waals surface area contributed by atoms with Crippen molar-refractivity contribution in [2.24, 2.45) is 0 Å². The van der Waals surface area contributed by atoms with Crippen molar-refractivity contribution in [1.29, 1.82) is 0 Å². The number of fused-ring (bicyclic) bond motifs is 1. The molecule has 2 aromatic rings. The van der Waals surface area contributed by atoms with Crippen LogP contribution >= 0.6 is 0 Å². The molecule has 0 N–H and O–H groups in total. The van der Waals surface area contributed by atoms with Crippen molar-refractivity contribution in [3.8, 4) is 0 Å². The molecule has 0 saturated carbocycles. The lowest BCUT2D eigenvalue weighted by atomic mass is 10.3. The van der Waals surface area contributed by atoms with Crippen molar-refractivity contribution in [2.45, 2.75) is 6.42 Å². The maximum atomic E-state index is 11.5. The molecule has 0 amide bonds. The second kappa shape index (κ2) is 6.41. The van der Waals surface area contributed by atoms with E-state index >= 15 is 0 Å². The summed E-state index contributed by atoms with van der Waals surface area (Å²) in [6.45, 7) is 5.38. The van der Waals surface area contributed by atoms with Gasteiger partial charge in [-0.2, -0.15) is 5.10 Å². The molecule has 0 atom stereocenters. The molecule has 2 aromatic heterocycles. The van der Waals surface area contributed by atoms with Crippen molar-refractivity contribution in [2.75, 3.05) is 46.9 Å². The molecule has 1 fully saturated rings. The number of carbonyl (C=O) groups excluding carboxylic acids is 1. The van der Waals surface area contributed by atoms with Crippen LogP contribution in [0, 0.1) is 0 Å². The standard InChI is InChI=1S/C15H21N5O2/c1-18-7-9-19(10-8-18)6-5-13-16-14-4-3-12(15(21)22-2)11-20(14)17-13/h3-4,11H,5-10H2,1-2H3. The summed E-state index contributed by atoms with van der Waals surface area (Å²) in [5.74, 6) is 0.442. The van der Waals surface area contributed by atoms with Crippen molar-refractivity contribution in [3.05, 3.63) is 29.7 Å². The van der Waals surface area contributed by atoms with Crippen LogP contribution in [-0.4, -0.2) is 77.2 Å². The molecule has 0 aromatic carbocycles. The van der Waals surface area contributed by atoms with E-state index in [9.17, 15) is 4.79 Å². The van der Waals surface area contributed by atoms with Crippen molar-refractivity contribution >= 4 is 11.6 Å². The fraction of sp³-hybridized carbons (Fsp3) is 0.533. The van der Waals surface area contributed by atoms with Crippen LogP contribution in [0.15, 0.2) is 18.3 Å². The smallest absolute Gasteiger partial charge is 0.339 e. The number of carbonyl (C=O) groups is 1. The topological polar surface area (TPSA) is 63.0 Å². The largest absolute Gasteiger partial charge is 0.465 e. The Morgan fingerprint density at radius 3 is 2.77 bits per heavy atom. The van der Waals surface area contributed by atoms with Gasteiger partial charge in [-0.1, -0.05) is 0 Å². The van der Waals surface area contributed by atoms with Crippen LogP contribution in [0.5, 0.6) is 0 Å². The normalized spacial score (nSPS) is 17.0. The zero-order valence-corrected chi connectivity index (χ0v) is 13.0. The molecule has 118 valence electrons. The Morgan fingerprint density at radius 1 is 1.27 bits per heavy atom. The minimum atomic E-state index is -0.364. The van der Waals surface area contributed by atoms with Gasteiger partial charge in [0, 0.05) is 45.3 Å². The number of ether oxygens (including phenoxy) is 1. The van der Waals surface area contributed by atoms with Gasteiger partial charge in [-0.15, -0.1) is 0 Å². The lowest BCUT2D eigenvalue weighted by Gasteiger charge is -2.31. The van der Waals surface area contributed by atoms with Crippen molar-refractivity contribution in [1.82, 2.24) is 24.4 Å². The van der Waals surface area contributed by atoms with E-state index in [2.05, 4.69) is 26.9 Å². The zero-order valence-electron chi connectivity index (χ0n) is 13.0. The van der Waals surface area contributed by atoms with Crippen LogP contribution in [0.4, 0.5) is 0 Å². The molecule has 0 radical (unpaired) electrons. The first kappa shape index (κ1) is 14.9. The minimum Gasteiger partial charge on any atom is -0.465 e. The Labute approximate surface area is 129 Å². The summed E-state index contributed by atoms with van der Waals surface area (Å²) in [5, 5.41) is 4.45. The van der Waals surface area contributed by atoms with Crippen LogP contribution in [0.3, 0.4) is 0 Å². The number of methoxy groups -OCH3 is 1. The van der Waals surface area contributed by atoms with Gasteiger partial charge in [-0.05, 0) is 19.2 Å². The molecular weight excluding hydrogens is 282 g/mol. The first-order valence-electron chi connectivity index (χ1n) is 7.50. The Hall–Kier alpha value is -1.99. The summed E-state index contributed by atoms with van der Waals surface area (Å²) in [5.41, 5.74) is 1.23. The first-order chi connectivity index (χ1) is 10.7. The highest BCUT2D eigenvalue weighted by atomic mass is 16.5. The molecule has 1 aliphatic rings. The fourth-order valence-corrected chi connectivity index (χ4v) is 2.60. The number of piperazine rings is 1. The third kappa shape index (κ3) is 3.26. The third-order valence-electron chi connectivity index (χ3n) is 4.04. The monoisotopic (exact) mass is 303 g/mol. The quantitative estimate of drug-likeness (QED) is 0.757. The Morgan fingerprint density at radius 2 is 2.05 bits per heavy atom. The molecular formula is C15H21N5O2.